The number of halogens is 3. The van der Waals surface area contributed by atoms with Crippen LogP contribution in [0.3, 0.4) is 0 Å². The van der Waals surface area contributed by atoms with Crippen molar-refractivity contribution >= 4 is 23.2 Å². The summed E-state index contributed by atoms with van der Waals surface area (Å²) in [7, 11) is 1.47. The molecular formula is C19H17F3N2O3. The third-order valence-electron chi connectivity index (χ3n) is 4.25. The number of nitrogens with zero attached hydrogens (tertiary/aromatic N) is 1. The molecule has 142 valence electrons. The van der Waals surface area contributed by atoms with Crippen molar-refractivity contribution < 1.29 is 27.5 Å². The molecule has 5 nitrogen and oxygen atoms in total. The number of anilines is 2. The van der Waals surface area contributed by atoms with Crippen LogP contribution in [0.15, 0.2) is 42.5 Å². The van der Waals surface area contributed by atoms with Crippen LogP contribution in [0.4, 0.5) is 24.5 Å². The van der Waals surface area contributed by atoms with Gasteiger partial charge < -0.3 is 15.0 Å². The summed E-state index contributed by atoms with van der Waals surface area (Å²) in [6.07, 6.45) is -3.37. The van der Waals surface area contributed by atoms with Crippen LogP contribution in [0, 0.1) is 0 Å². The first-order valence-electron chi connectivity index (χ1n) is 8.26. The Morgan fingerprint density at radius 2 is 1.96 bits per heavy atom. The van der Waals surface area contributed by atoms with Crippen LogP contribution < -0.4 is 15.0 Å². The number of amides is 2. The lowest BCUT2D eigenvalue weighted by Crippen LogP contribution is -2.24. The SMILES string of the molecule is COc1ccc(NC(=O)c2cccc(C(F)(F)F)c2)cc1N1CCCC1=O. The maximum Gasteiger partial charge on any atom is 0.416 e. The zero-order valence-corrected chi connectivity index (χ0v) is 14.5. The van der Waals surface area contributed by atoms with Gasteiger partial charge in [-0.05, 0) is 42.8 Å². The summed E-state index contributed by atoms with van der Waals surface area (Å²) in [6, 6.07) is 8.93. The number of rotatable bonds is 4. The second-order valence-electron chi connectivity index (χ2n) is 6.07. The Morgan fingerprint density at radius 1 is 1.19 bits per heavy atom. The maximum atomic E-state index is 12.8. The van der Waals surface area contributed by atoms with E-state index in [1.807, 2.05) is 0 Å². The molecule has 1 saturated heterocycles. The fraction of sp³-hybridized carbons (Fsp3) is 0.263. The van der Waals surface area contributed by atoms with Crippen LogP contribution in [0.1, 0.15) is 28.8 Å². The average Bonchev–Trinajstić information content (AvgIpc) is 3.07. The lowest BCUT2D eigenvalue weighted by molar-refractivity contribution is -0.137. The fourth-order valence-corrected chi connectivity index (χ4v) is 2.92. The summed E-state index contributed by atoms with van der Waals surface area (Å²) in [5.74, 6) is -0.248. The second kappa shape index (κ2) is 7.30. The monoisotopic (exact) mass is 378 g/mol. The molecule has 0 spiro atoms. The molecule has 0 aliphatic carbocycles. The number of alkyl halides is 3. The molecule has 3 rings (SSSR count). The molecule has 27 heavy (non-hydrogen) atoms. The summed E-state index contributed by atoms with van der Waals surface area (Å²) in [6.45, 7) is 0.542. The highest BCUT2D eigenvalue weighted by Gasteiger charge is 2.31. The minimum absolute atomic E-state index is 0.0466. The number of benzene rings is 2. The molecule has 2 aromatic rings. The van der Waals surface area contributed by atoms with Gasteiger partial charge in [0, 0.05) is 24.2 Å². The number of carbonyl (C=O) groups is 2. The summed E-state index contributed by atoms with van der Waals surface area (Å²) in [4.78, 5) is 25.9. The molecule has 1 aliphatic rings. The van der Waals surface area contributed by atoms with Gasteiger partial charge in [0.1, 0.15) is 5.75 Å². The lowest BCUT2D eigenvalue weighted by Gasteiger charge is -2.20. The van der Waals surface area contributed by atoms with Crippen molar-refractivity contribution in [1.82, 2.24) is 0 Å². The van der Waals surface area contributed by atoms with Gasteiger partial charge in [0.15, 0.2) is 0 Å². The molecule has 0 aromatic heterocycles. The van der Waals surface area contributed by atoms with E-state index in [0.29, 0.717) is 30.1 Å². The van der Waals surface area contributed by atoms with Crippen LogP contribution in [-0.4, -0.2) is 25.5 Å². The van der Waals surface area contributed by atoms with Gasteiger partial charge in [-0.3, -0.25) is 9.59 Å². The minimum Gasteiger partial charge on any atom is -0.495 e. The van der Waals surface area contributed by atoms with Crippen molar-refractivity contribution in [1.29, 1.82) is 0 Å². The third kappa shape index (κ3) is 4.05. The molecule has 2 aromatic carbocycles. The van der Waals surface area contributed by atoms with Crippen LogP contribution in [0.25, 0.3) is 0 Å². The van der Waals surface area contributed by atoms with Crippen LogP contribution in [0.5, 0.6) is 5.75 Å². The van der Waals surface area contributed by atoms with Crippen LogP contribution in [-0.2, 0) is 11.0 Å². The second-order valence-corrected chi connectivity index (χ2v) is 6.07. The highest BCUT2D eigenvalue weighted by Crippen LogP contribution is 2.34. The molecular weight excluding hydrogens is 361 g/mol. The number of nitrogens with one attached hydrogen (secondary N) is 1. The molecule has 0 bridgehead atoms. The largest absolute Gasteiger partial charge is 0.495 e. The normalized spacial score (nSPS) is 14.4. The Bertz CT molecular complexity index is 881. The first-order valence-corrected chi connectivity index (χ1v) is 8.26. The van der Waals surface area contributed by atoms with Crippen molar-refractivity contribution in [2.24, 2.45) is 0 Å². The highest BCUT2D eigenvalue weighted by atomic mass is 19.4. The predicted octanol–water partition coefficient (Wildman–Crippen LogP) is 4.09. The average molecular weight is 378 g/mol. The van der Waals surface area contributed by atoms with Crippen molar-refractivity contribution in [3.8, 4) is 5.75 Å². The number of ether oxygens (including phenoxy) is 1. The summed E-state index contributed by atoms with van der Waals surface area (Å²) in [5.41, 5.74) is -0.137. The molecule has 0 unspecified atom stereocenters. The van der Waals surface area contributed by atoms with E-state index in [0.717, 1.165) is 18.6 Å². The van der Waals surface area contributed by atoms with Gasteiger partial charge in [0.05, 0.1) is 18.4 Å². The summed E-state index contributed by atoms with van der Waals surface area (Å²) in [5, 5.41) is 2.57. The van der Waals surface area contributed by atoms with Gasteiger partial charge in [-0.1, -0.05) is 6.07 Å². The molecule has 8 heteroatoms. The Morgan fingerprint density at radius 3 is 2.59 bits per heavy atom. The van der Waals surface area contributed by atoms with Crippen molar-refractivity contribution in [2.45, 2.75) is 19.0 Å². The zero-order valence-electron chi connectivity index (χ0n) is 14.5. The van der Waals surface area contributed by atoms with Gasteiger partial charge in [-0.2, -0.15) is 13.2 Å². The molecule has 1 N–H and O–H groups in total. The molecule has 1 fully saturated rings. The molecule has 1 aliphatic heterocycles. The highest BCUT2D eigenvalue weighted by molar-refractivity contribution is 6.05. The van der Waals surface area contributed by atoms with Gasteiger partial charge in [0.2, 0.25) is 5.91 Å². The molecule has 1 heterocycles. The van der Waals surface area contributed by atoms with E-state index >= 15 is 0 Å². The number of methoxy groups -OCH3 is 1. The summed E-state index contributed by atoms with van der Waals surface area (Å²) >= 11 is 0. The number of carbonyl (C=O) groups excluding carboxylic acids is 2. The standard InChI is InChI=1S/C19H17F3N2O3/c1-27-16-8-7-14(11-15(16)24-9-3-6-17(24)25)23-18(26)12-4-2-5-13(10-12)19(20,21)22/h2,4-5,7-8,10-11H,3,6,9H2,1H3,(H,23,26). The van der Waals surface area contributed by atoms with E-state index in [9.17, 15) is 22.8 Å². The molecule has 2 amide bonds. The molecule has 0 radical (unpaired) electrons. The van der Waals surface area contributed by atoms with E-state index in [2.05, 4.69) is 5.32 Å². The zero-order chi connectivity index (χ0) is 19.6. The van der Waals surface area contributed by atoms with E-state index in [-0.39, 0.29) is 11.5 Å². The molecule has 0 atom stereocenters. The van der Waals surface area contributed by atoms with Gasteiger partial charge in [0.25, 0.3) is 5.91 Å². The van der Waals surface area contributed by atoms with E-state index in [4.69, 9.17) is 4.74 Å². The van der Waals surface area contributed by atoms with Crippen LogP contribution >= 0.6 is 0 Å². The van der Waals surface area contributed by atoms with Gasteiger partial charge in [-0.15, -0.1) is 0 Å². The van der Waals surface area contributed by atoms with Crippen molar-refractivity contribution in [3.63, 3.8) is 0 Å². The minimum atomic E-state index is -4.53. The van der Waals surface area contributed by atoms with E-state index < -0.39 is 17.6 Å². The summed E-state index contributed by atoms with van der Waals surface area (Å²) < 4.78 is 43.7. The van der Waals surface area contributed by atoms with Crippen LogP contribution in [0.2, 0.25) is 0 Å². The van der Waals surface area contributed by atoms with Crippen molar-refractivity contribution in [2.75, 3.05) is 23.9 Å². The number of hydrogen-bond donors (Lipinski definition) is 1. The molecule has 0 saturated carbocycles. The number of hydrogen-bond acceptors (Lipinski definition) is 3. The van der Waals surface area contributed by atoms with Gasteiger partial charge in [-0.25, -0.2) is 0 Å². The maximum absolute atomic E-state index is 12.8. The predicted molar refractivity (Wildman–Crippen MR) is 94.0 cm³/mol. The van der Waals surface area contributed by atoms with E-state index in [1.54, 1.807) is 23.1 Å². The topological polar surface area (TPSA) is 58.6 Å². The Hall–Kier alpha value is -3.03. The third-order valence-corrected chi connectivity index (χ3v) is 4.25. The van der Waals surface area contributed by atoms with Crippen molar-refractivity contribution in [3.05, 3.63) is 53.6 Å². The first kappa shape index (κ1) is 18.8. The smallest absolute Gasteiger partial charge is 0.416 e. The van der Waals surface area contributed by atoms with E-state index in [1.165, 1.54) is 19.2 Å². The Labute approximate surface area is 153 Å². The lowest BCUT2D eigenvalue weighted by atomic mass is 10.1. The fourth-order valence-electron chi connectivity index (χ4n) is 2.92. The first-order chi connectivity index (χ1) is 12.8. The Balaban J connectivity index is 1.85. The Kier molecular flexibility index (Phi) is 5.07. The quantitative estimate of drug-likeness (QED) is 0.872. The van der Waals surface area contributed by atoms with Gasteiger partial charge >= 0.3 is 6.18 Å².